The van der Waals surface area contributed by atoms with Gasteiger partial charge in [0.15, 0.2) is 0 Å². The predicted molar refractivity (Wildman–Crippen MR) is 89.5 cm³/mol. The summed E-state index contributed by atoms with van der Waals surface area (Å²) in [6.45, 7) is 0. The Morgan fingerprint density at radius 3 is 2.40 bits per heavy atom. The topological polar surface area (TPSA) is 18.5 Å². The zero-order valence-electron chi connectivity index (χ0n) is 11.0. The molecule has 20 heavy (non-hydrogen) atoms. The van der Waals surface area contributed by atoms with E-state index in [1.807, 2.05) is 36.4 Å². The van der Waals surface area contributed by atoms with E-state index in [0.717, 1.165) is 27.1 Å². The molecule has 0 bridgehead atoms. The Balaban J connectivity index is 2.48. The van der Waals surface area contributed by atoms with Crippen LogP contribution in [0.5, 0.6) is 11.5 Å². The molecule has 0 saturated carbocycles. The van der Waals surface area contributed by atoms with E-state index in [9.17, 15) is 0 Å². The number of alkyl halides is 1. The van der Waals surface area contributed by atoms with Crippen LogP contribution in [-0.2, 0) is 0 Å². The van der Waals surface area contributed by atoms with Gasteiger partial charge in [-0.05, 0) is 42.0 Å². The smallest absolute Gasteiger partial charge is 0.123 e. The molecule has 0 aliphatic heterocycles. The SMILES string of the molecule is COc1ccc(OC)c(C(Br)c2cc(Cl)cc(Br)c2)c1. The van der Waals surface area contributed by atoms with E-state index < -0.39 is 0 Å². The lowest BCUT2D eigenvalue weighted by Crippen LogP contribution is -1.98. The van der Waals surface area contributed by atoms with Gasteiger partial charge in [0, 0.05) is 15.1 Å². The van der Waals surface area contributed by atoms with Crippen LogP contribution >= 0.6 is 43.5 Å². The molecule has 2 aromatic carbocycles. The van der Waals surface area contributed by atoms with Gasteiger partial charge in [-0.1, -0.05) is 43.5 Å². The minimum atomic E-state index is -0.0393. The second-order valence-electron chi connectivity index (χ2n) is 4.17. The Bertz CT molecular complexity index is 597. The summed E-state index contributed by atoms with van der Waals surface area (Å²) in [7, 11) is 3.30. The van der Waals surface area contributed by atoms with Crippen LogP contribution in [-0.4, -0.2) is 14.2 Å². The third-order valence-corrected chi connectivity index (χ3v) is 4.59. The molecule has 0 heterocycles. The van der Waals surface area contributed by atoms with Crippen LogP contribution in [0.15, 0.2) is 40.9 Å². The van der Waals surface area contributed by atoms with Crippen LogP contribution < -0.4 is 9.47 Å². The van der Waals surface area contributed by atoms with Gasteiger partial charge in [0.05, 0.1) is 19.0 Å². The molecule has 106 valence electrons. The quantitative estimate of drug-likeness (QED) is 0.599. The van der Waals surface area contributed by atoms with Crippen LogP contribution in [0, 0.1) is 0 Å². The second kappa shape index (κ2) is 6.83. The van der Waals surface area contributed by atoms with Gasteiger partial charge in [-0.25, -0.2) is 0 Å². The van der Waals surface area contributed by atoms with Gasteiger partial charge in [0.1, 0.15) is 11.5 Å². The summed E-state index contributed by atoms with van der Waals surface area (Å²) < 4.78 is 11.6. The molecule has 0 saturated heterocycles. The van der Waals surface area contributed by atoms with E-state index in [2.05, 4.69) is 31.9 Å². The first-order chi connectivity index (χ1) is 9.55. The van der Waals surface area contributed by atoms with Gasteiger partial charge in [-0.3, -0.25) is 0 Å². The molecule has 0 spiro atoms. The van der Waals surface area contributed by atoms with Crippen LogP contribution in [0.4, 0.5) is 0 Å². The zero-order chi connectivity index (χ0) is 14.7. The van der Waals surface area contributed by atoms with Gasteiger partial charge in [0.2, 0.25) is 0 Å². The van der Waals surface area contributed by atoms with Crippen molar-refractivity contribution in [1.82, 2.24) is 0 Å². The van der Waals surface area contributed by atoms with E-state index in [1.165, 1.54) is 0 Å². The summed E-state index contributed by atoms with van der Waals surface area (Å²) in [6, 6.07) is 11.5. The van der Waals surface area contributed by atoms with Crippen molar-refractivity contribution in [3.63, 3.8) is 0 Å². The van der Waals surface area contributed by atoms with Gasteiger partial charge in [0.25, 0.3) is 0 Å². The molecule has 0 amide bonds. The third kappa shape index (κ3) is 3.48. The average Bonchev–Trinajstić information content (AvgIpc) is 2.44. The Hall–Kier alpha value is -0.710. The lowest BCUT2D eigenvalue weighted by molar-refractivity contribution is 0.399. The zero-order valence-corrected chi connectivity index (χ0v) is 14.9. The molecular formula is C15H13Br2ClO2. The summed E-state index contributed by atoms with van der Waals surface area (Å²) >= 11 is 13.3. The highest BCUT2D eigenvalue weighted by Gasteiger charge is 2.17. The first-order valence-electron chi connectivity index (χ1n) is 5.87. The summed E-state index contributed by atoms with van der Waals surface area (Å²) in [5.74, 6) is 1.58. The fraction of sp³-hybridized carbons (Fsp3) is 0.200. The normalized spacial score (nSPS) is 12.1. The molecule has 0 aliphatic rings. The monoisotopic (exact) mass is 418 g/mol. The highest BCUT2D eigenvalue weighted by molar-refractivity contribution is 9.10. The van der Waals surface area contributed by atoms with Crippen LogP contribution in [0.1, 0.15) is 16.0 Å². The number of ether oxygens (including phenoxy) is 2. The maximum absolute atomic E-state index is 6.11. The summed E-state index contributed by atoms with van der Waals surface area (Å²) in [5, 5.41) is 0.681. The van der Waals surface area contributed by atoms with Crippen molar-refractivity contribution < 1.29 is 9.47 Å². The van der Waals surface area contributed by atoms with Crippen LogP contribution in [0.3, 0.4) is 0 Å². The molecule has 5 heteroatoms. The van der Waals surface area contributed by atoms with Crippen molar-refractivity contribution in [2.45, 2.75) is 4.83 Å². The molecule has 0 aromatic heterocycles. The Labute approximate surface area is 140 Å². The highest BCUT2D eigenvalue weighted by Crippen LogP contribution is 2.40. The minimum absolute atomic E-state index is 0.0393. The average molecular weight is 421 g/mol. The van der Waals surface area contributed by atoms with Gasteiger partial charge in [-0.15, -0.1) is 0 Å². The summed E-state index contributed by atoms with van der Waals surface area (Å²) in [4.78, 5) is -0.0393. The lowest BCUT2D eigenvalue weighted by Gasteiger charge is -2.16. The van der Waals surface area contributed by atoms with E-state index in [1.54, 1.807) is 14.2 Å². The minimum Gasteiger partial charge on any atom is -0.497 e. The molecular weight excluding hydrogens is 407 g/mol. The molecule has 1 atom stereocenters. The molecule has 0 aliphatic carbocycles. The van der Waals surface area contributed by atoms with E-state index >= 15 is 0 Å². The number of rotatable bonds is 4. The highest BCUT2D eigenvalue weighted by atomic mass is 79.9. The van der Waals surface area contributed by atoms with E-state index in [4.69, 9.17) is 21.1 Å². The molecule has 2 rings (SSSR count). The molecule has 0 N–H and O–H groups in total. The fourth-order valence-electron chi connectivity index (χ4n) is 1.94. The summed E-state index contributed by atoms with van der Waals surface area (Å²) in [5.41, 5.74) is 2.02. The Morgan fingerprint density at radius 1 is 1.05 bits per heavy atom. The maximum atomic E-state index is 6.11. The van der Waals surface area contributed by atoms with Crippen LogP contribution in [0.25, 0.3) is 0 Å². The number of hydrogen-bond donors (Lipinski definition) is 0. The predicted octanol–water partition coefficient (Wildman–Crippen LogP) is 5.60. The van der Waals surface area contributed by atoms with Crippen molar-refractivity contribution in [2.75, 3.05) is 14.2 Å². The van der Waals surface area contributed by atoms with Gasteiger partial charge < -0.3 is 9.47 Å². The van der Waals surface area contributed by atoms with Crippen molar-refractivity contribution in [3.8, 4) is 11.5 Å². The number of methoxy groups -OCH3 is 2. The largest absolute Gasteiger partial charge is 0.497 e. The van der Waals surface area contributed by atoms with Gasteiger partial charge >= 0.3 is 0 Å². The van der Waals surface area contributed by atoms with Crippen molar-refractivity contribution in [2.24, 2.45) is 0 Å². The van der Waals surface area contributed by atoms with E-state index in [-0.39, 0.29) is 4.83 Å². The van der Waals surface area contributed by atoms with Gasteiger partial charge in [-0.2, -0.15) is 0 Å². The number of halogens is 3. The molecule has 2 nitrogen and oxygen atoms in total. The molecule has 0 fully saturated rings. The second-order valence-corrected chi connectivity index (χ2v) is 6.44. The van der Waals surface area contributed by atoms with Crippen molar-refractivity contribution >= 4 is 43.5 Å². The molecule has 1 unspecified atom stereocenters. The number of benzene rings is 2. The molecule has 0 radical (unpaired) electrons. The maximum Gasteiger partial charge on any atom is 0.123 e. The standard InChI is InChI=1S/C15H13Br2ClO2/c1-19-12-3-4-14(20-2)13(8-12)15(17)9-5-10(16)7-11(18)6-9/h3-8,15H,1-2H3. The van der Waals surface area contributed by atoms with E-state index in [0.29, 0.717) is 5.02 Å². The van der Waals surface area contributed by atoms with Crippen molar-refractivity contribution in [3.05, 3.63) is 57.0 Å². The first kappa shape index (κ1) is 15.7. The third-order valence-electron chi connectivity index (χ3n) is 2.89. The first-order valence-corrected chi connectivity index (χ1v) is 7.96. The lowest BCUT2D eigenvalue weighted by atomic mass is 10.0. The van der Waals surface area contributed by atoms with Crippen LogP contribution in [0.2, 0.25) is 5.02 Å². The summed E-state index contributed by atoms with van der Waals surface area (Å²) in [6.07, 6.45) is 0. The number of hydrogen-bond acceptors (Lipinski definition) is 2. The van der Waals surface area contributed by atoms with Crippen molar-refractivity contribution in [1.29, 1.82) is 0 Å². The Kier molecular flexibility index (Phi) is 5.35. The fourth-order valence-corrected chi connectivity index (χ4v) is 3.45. The Morgan fingerprint density at radius 2 is 1.80 bits per heavy atom. The molecule has 2 aromatic rings.